The van der Waals surface area contributed by atoms with Gasteiger partial charge < -0.3 is 19.6 Å². The first-order chi connectivity index (χ1) is 16.7. The Bertz CT molecular complexity index is 1140. The highest BCUT2D eigenvalue weighted by Crippen LogP contribution is 2.65. The molecule has 0 saturated carbocycles. The summed E-state index contributed by atoms with van der Waals surface area (Å²) in [7, 11) is 0. The number of nitrogens with zero attached hydrogens (tertiary/aromatic N) is 2. The zero-order valence-electron chi connectivity index (χ0n) is 20.6. The Morgan fingerprint density at radius 3 is 2.63 bits per heavy atom. The molecule has 1 aromatic carbocycles. The Balaban J connectivity index is 1.70. The second-order valence-corrected chi connectivity index (χ2v) is 12.0. The normalized spacial score (nSPS) is 34.8. The number of anilines is 1. The molecule has 2 saturated heterocycles. The van der Waals surface area contributed by atoms with Crippen molar-refractivity contribution in [1.29, 1.82) is 0 Å². The average Bonchev–Trinajstić information content (AvgIpc) is 3.08. The molecule has 2 fully saturated rings. The fraction of sp³-hybridized carbons (Fsp3) is 0.519. The number of hydrogen-bond acceptors (Lipinski definition) is 6. The number of fused-ring (bicyclic) bond motifs is 2. The van der Waals surface area contributed by atoms with Crippen LogP contribution in [-0.2, 0) is 19.1 Å². The lowest BCUT2D eigenvalue weighted by atomic mass is 9.75. The van der Waals surface area contributed by atoms with Gasteiger partial charge >= 0.3 is 5.97 Å². The van der Waals surface area contributed by atoms with E-state index in [4.69, 9.17) is 4.74 Å². The van der Waals surface area contributed by atoms with Crippen LogP contribution in [0.5, 0.6) is 0 Å². The SMILES string of the molecule is CC[C@@H](CO)N1C(=O)[C@@H]2[C@H]3C(=O)OCC=C[C@@]3(C)S[C@@]23C=CCN(c2cc(C)ccc2C)C(=O)C13. The van der Waals surface area contributed by atoms with Gasteiger partial charge in [-0.15, -0.1) is 11.8 Å². The smallest absolute Gasteiger partial charge is 0.311 e. The van der Waals surface area contributed by atoms with E-state index in [1.165, 1.54) is 11.8 Å². The molecule has 8 heteroatoms. The third-order valence-corrected chi connectivity index (χ3v) is 9.78. The molecule has 1 spiro atoms. The predicted molar refractivity (Wildman–Crippen MR) is 135 cm³/mol. The van der Waals surface area contributed by atoms with Gasteiger partial charge in [-0.1, -0.05) is 37.3 Å². The molecule has 2 amide bonds. The molecule has 1 unspecified atom stereocenters. The lowest BCUT2D eigenvalue weighted by Gasteiger charge is -2.39. The Morgan fingerprint density at radius 2 is 1.91 bits per heavy atom. The van der Waals surface area contributed by atoms with Crippen molar-refractivity contribution < 1.29 is 24.2 Å². The summed E-state index contributed by atoms with van der Waals surface area (Å²) in [6, 6.07) is 4.64. The van der Waals surface area contributed by atoms with E-state index >= 15 is 0 Å². The summed E-state index contributed by atoms with van der Waals surface area (Å²) in [5.74, 6) is -2.32. The van der Waals surface area contributed by atoms with E-state index in [0.29, 0.717) is 13.0 Å². The molecule has 0 aromatic heterocycles. The molecule has 0 aliphatic carbocycles. The topological polar surface area (TPSA) is 87.2 Å². The Labute approximate surface area is 210 Å². The van der Waals surface area contributed by atoms with Crippen LogP contribution in [-0.4, -0.2) is 69.1 Å². The van der Waals surface area contributed by atoms with Gasteiger partial charge in [-0.2, -0.15) is 0 Å². The second kappa shape index (κ2) is 8.52. The van der Waals surface area contributed by atoms with Crippen LogP contribution in [0, 0.1) is 25.7 Å². The minimum atomic E-state index is -0.941. The van der Waals surface area contributed by atoms with E-state index in [9.17, 15) is 19.5 Å². The third-order valence-electron chi connectivity index (χ3n) is 7.98. The van der Waals surface area contributed by atoms with E-state index in [0.717, 1.165) is 16.8 Å². The molecule has 4 aliphatic heterocycles. The molecule has 1 N–H and O–H groups in total. The summed E-state index contributed by atoms with van der Waals surface area (Å²) in [6.45, 7) is 8.11. The highest BCUT2D eigenvalue weighted by Gasteiger charge is 2.74. The predicted octanol–water partition coefficient (Wildman–Crippen LogP) is 2.78. The molecule has 6 atom stereocenters. The second-order valence-electron chi connectivity index (χ2n) is 10.2. The van der Waals surface area contributed by atoms with Crippen LogP contribution in [0.1, 0.15) is 31.4 Å². The quantitative estimate of drug-likeness (QED) is 0.510. The standard InChI is InChI=1S/C27H32N2O5S/c1-5-18(15-30)29-22-24(32)28(19-14-16(2)8-9-17(19)3)12-6-11-27(22)20(23(29)31)21-25(33)34-13-7-10-26(21,4)35-27/h6-11,14,18,20-22,30H,5,12-13,15H2,1-4H3/t18-,20-,21-,22?,26+,27-/m0/s1. The lowest BCUT2D eigenvalue weighted by molar-refractivity contribution is -0.153. The Morgan fingerprint density at radius 1 is 1.14 bits per heavy atom. The number of carbonyl (C=O) groups excluding carboxylic acids is 3. The van der Waals surface area contributed by atoms with Gasteiger partial charge in [0.1, 0.15) is 12.6 Å². The van der Waals surface area contributed by atoms with E-state index in [1.54, 1.807) is 9.80 Å². The number of aliphatic hydroxyl groups is 1. The van der Waals surface area contributed by atoms with Crippen LogP contribution in [0.25, 0.3) is 0 Å². The minimum absolute atomic E-state index is 0.177. The number of esters is 1. The van der Waals surface area contributed by atoms with Crippen molar-refractivity contribution >= 4 is 35.2 Å². The van der Waals surface area contributed by atoms with Gasteiger partial charge in [0.2, 0.25) is 5.91 Å². The first kappa shape index (κ1) is 24.1. The van der Waals surface area contributed by atoms with Crippen molar-refractivity contribution in [3.05, 3.63) is 53.6 Å². The number of cyclic esters (lactones) is 1. The molecule has 4 aliphatic rings. The molecule has 5 rings (SSSR count). The maximum absolute atomic E-state index is 14.4. The van der Waals surface area contributed by atoms with Crippen LogP contribution < -0.4 is 4.90 Å². The molecule has 7 nitrogen and oxygen atoms in total. The molecule has 35 heavy (non-hydrogen) atoms. The maximum Gasteiger partial charge on any atom is 0.311 e. The molecule has 1 aromatic rings. The number of amides is 2. The molecular weight excluding hydrogens is 464 g/mol. The first-order valence-corrected chi connectivity index (χ1v) is 13.0. The number of aliphatic hydroxyl groups excluding tert-OH is 1. The van der Waals surface area contributed by atoms with Crippen molar-refractivity contribution in [1.82, 2.24) is 4.90 Å². The number of benzene rings is 1. The zero-order chi connectivity index (χ0) is 25.1. The van der Waals surface area contributed by atoms with Crippen LogP contribution in [0.4, 0.5) is 5.69 Å². The molecular formula is C27H32N2O5S. The minimum Gasteiger partial charge on any atom is -0.461 e. The third kappa shape index (κ3) is 3.40. The van der Waals surface area contributed by atoms with E-state index in [2.05, 4.69) is 0 Å². The number of hydrogen-bond donors (Lipinski definition) is 1. The summed E-state index contributed by atoms with van der Waals surface area (Å²) in [5, 5.41) is 10.2. The van der Waals surface area contributed by atoms with Crippen LogP contribution >= 0.6 is 11.8 Å². The molecule has 0 bridgehead atoms. The van der Waals surface area contributed by atoms with Crippen molar-refractivity contribution in [3.8, 4) is 0 Å². The van der Waals surface area contributed by atoms with Gasteiger partial charge in [-0.3, -0.25) is 14.4 Å². The van der Waals surface area contributed by atoms with Gasteiger partial charge in [0, 0.05) is 17.0 Å². The summed E-state index contributed by atoms with van der Waals surface area (Å²) >= 11 is 1.52. The zero-order valence-corrected chi connectivity index (χ0v) is 21.4. The van der Waals surface area contributed by atoms with Crippen LogP contribution in [0.3, 0.4) is 0 Å². The molecule has 4 heterocycles. The average molecular weight is 497 g/mol. The highest BCUT2D eigenvalue weighted by atomic mass is 32.2. The monoisotopic (exact) mass is 496 g/mol. The first-order valence-electron chi connectivity index (χ1n) is 12.2. The summed E-state index contributed by atoms with van der Waals surface area (Å²) in [5.41, 5.74) is 2.82. The number of likely N-dealkylation sites (tertiary alicyclic amines) is 1. The van der Waals surface area contributed by atoms with Crippen molar-refractivity contribution in [2.45, 2.75) is 55.7 Å². The van der Waals surface area contributed by atoms with Gasteiger partial charge in [0.25, 0.3) is 5.91 Å². The van der Waals surface area contributed by atoms with Crippen LogP contribution in [0.15, 0.2) is 42.5 Å². The van der Waals surface area contributed by atoms with Gasteiger partial charge in [-0.25, -0.2) is 0 Å². The molecule has 0 radical (unpaired) electrons. The number of aryl methyl sites for hydroxylation is 2. The summed E-state index contributed by atoms with van der Waals surface area (Å²) in [4.78, 5) is 45.1. The fourth-order valence-corrected chi connectivity index (χ4v) is 8.47. The van der Waals surface area contributed by atoms with Gasteiger partial charge in [0.15, 0.2) is 0 Å². The van der Waals surface area contributed by atoms with Gasteiger partial charge in [-0.05, 0) is 50.5 Å². The van der Waals surface area contributed by atoms with Gasteiger partial charge in [0.05, 0.1) is 29.2 Å². The van der Waals surface area contributed by atoms with Crippen molar-refractivity contribution in [3.63, 3.8) is 0 Å². The number of rotatable bonds is 4. The lowest BCUT2D eigenvalue weighted by Crippen LogP contribution is -2.57. The maximum atomic E-state index is 14.4. The number of ether oxygens (including phenoxy) is 1. The summed E-state index contributed by atoms with van der Waals surface area (Å²) in [6.07, 6.45) is 8.23. The van der Waals surface area contributed by atoms with Crippen molar-refractivity contribution in [2.75, 3.05) is 24.7 Å². The number of thioether (sulfide) groups is 1. The Kier molecular flexibility index (Phi) is 5.87. The van der Waals surface area contributed by atoms with Crippen LogP contribution in [0.2, 0.25) is 0 Å². The number of carbonyl (C=O) groups is 3. The Hall–Kier alpha value is -2.58. The van der Waals surface area contributed by atoms with E-state index in [-0.39, 0.29) is 25.0 Å². The van der Waals surface area contributed by atoms with Crippen molar-refractivity contribution in [2.24, 2.45) is 11.8 Å². The van der Waals surface area contributed by atoms with E-state index in [1.807, 2.05) is 70.2 Å². The molecule has 186 valence electrons. The highest BCUT2D eigenvalue weighted by molar-refractivity contribution is 8.02. The fourth-order valence-electron chi connectivity index (χ4n) is 6.33. The summed E-state index contributed by atoms with van der Waals surface area (Å²) < 4.78 is 3.84. The largest absolute Gasteiger partial charge is 0.461 e. The van der Waals surface area contributed by atoms with E-state index < -0.39 is 39.4 Å².